The van der Waals surface area contributed by atoms with Crippen LogP contribution in [0.25, 0.3) is 0 Å². The van der Waals surface area contributed by atoms with E-state index in [1.54, 1.807) is 6.07 Å². The van der Waals surface area contributed by atoms with Crippen molar-refractivity contribution in [3.05, 3.63) is 47.9 Å². The largest absolute Gasteiger partial charge is 0.351 e. The van der Waals surface area contributed by atoms with Crippen LogP contribution in [0, 0.1) is 6.92 Å². The molecule has 0 atom stereocenters. The number of hydrogen-bond acceptors (Lipinski definition) is 5. The normalized spacial score (nSPS) is 10.8. The summed E-state index contributed by atoms with van der Waals surface area (Å²) in [6.07, 6.45) is 0.904. The third kappa shape index (κ3) is 5.53. The van der Waals surface area contributed by atoms with Crippen molar-refractivity contribution in [2.75, 3.05) is 38.6 Å². The van der Waals surface area contributed by atoms with Crippen molar-refractivity contribution in [2.24, 2.45) is 0 Å². The SMILES string of the molecule is CCN(c1ccccc1)c1cc(C(=O)NCCCN(C)C)nc(C)n1. The van der Waals surface area contributed by atoms with Gasteiger partial charge in [0.15, 0.2) is 0 Å². The Hall–Kier alpha value is -2.47. The molecule has 0 aliphatic carbocycles. The van der Waals surface area contributed by atoms with Crippen LogP contribution in [0.5, 0.6) is 0 Å². The van der Waals surface area contributed by atoms with Crippen molar-refractivity contribution in [3.63, 3.8) is 0 Å². The van der Waals surface area contributed by atoms with Gasteiger partial charge in [0.2, 0.25) is 0 Å². The quantitative estimate of drug-likeness (QED) is 0.748. The van der Waals surface area contributed by atoms with Crippen LogP contribution in [0.15, 0.2) is 36.4 Å². The highest BCUT2D eigenvalue weighted by Gasteiger charge is 2.14. The number of amides is 1. The van der Waals surface area contributed by atoms with Crippen molar-refractivity contribution in [3.8, 4) is 0 Å². The van der Waals surface area contributed by atoms with Gasteiger partial charge in [-0.25, -0.2) is 9.97 Å². The Morgan fingerprint density at radius 1 is 1.16 bits per heavy atom. The molecule has 0 fully saturated rings. The molecule has 6 heteroatoms. The summed E-state index contributed by atoms with van der Waals surface area (Å²) < 4.78 is 0. The smallest absolute Gasteiger partial charge is 0.270 e. The van der Waals surface area contributed by atoms with E-state index in [9.17, 15) is 4.79 Å². The zero-order valence-corrected chi connectivity index (χ0v) is 15.5. The van der Waals surface area contributed by atoms with Crippen LogP contribution >= 0.6 is 0 Å². The monoisotopic (exact) mass is 341 g/mol. The molecule has 2 rings (SSSR count). The number of benzene rings is 1. The molecule has 0 saturated heterocycles. The third-order valence-corrected chi connectivity index (χ3v) is 3.79. The second kappa shape index (κ2) is 9.13. The Kier molecular flexibility index (Phi) is 6.89. The van der Waals surface area contributed by atoms with Crippen LogP contribution < -0.4 is 10.2 Å². The second-order valence-corrected chi connectivity index (χ2v) is 6.15. The first-order valence-corrected chi connectivity index (χ1v) is 8.62. The topological polar surface area (TPSA) is 61.4 Å². The molecule has 1 aromatic heterocycles. The van der Waals surface area contributed by atoms with Gasteiger partial charge in [-0.1, -0.05) is 18.2 Å². The summed E-state index contributed by atoms with van der Waals surface area (Å²) in [4.78, 5) is 25.4. The van der Waals surface area contributed by atoms with Crippen LogP contribution in [0.4, 0.5) is 11.5 Å². The summed E-state index contributed by atoms with van der Waals surface area (Å²) >= 11 is 0. The first-order chi connectivity index (χ1) is 12.0. The summed E-state index contributed by atoms with van der Waals surface area (Å²) in [5.74, 6) is 1.17. The van der Waals surface area contributed by atoms with E-state index in [0.29, 0.717) is 18.1 Å². The van der Waals surface area contributed by atoms with E-state index in [1.165, 1.54) is 0 Å². The fourth-order valence-corrected chi connectivity index (χ4v) is 2.58. The molecule has 25 heavy (non-hydrogen) atoms. The van der Waals surface area contributed by atoms with Crippen molar-refractivity contribution in [2.45, 2.75) is 20.3 Å². The lowest BCUT2D eigenvalue weighted by atomic mass is 10.2. The molecule has 1 heterocycles. The highest BCUT2D eigenvalue weighted by molar-refractivity contribution is 5.93. The van der Waals surface area contributed by atoms with E-state index in [4.69, 9.17) is 0 Å². The maximum absolute atomic E-state index is 12.4. The van der Waals surface area contributed by atoms with Gasteiger partial charge in [0.25, 0.3) is 5.91 Å². The number of aryl methyl sites for hydroxylation is 1. The van der Waals surface area contributed by atoms with Crippen LogP contribution in [-0.4, -0.2) is 54.5 Å². The molecule has 0 spiro atoms. The molecule has 1 N–H and O–H groups in total. The van der Waals surface area contributed by atoms with Crippen molar-refractivity contribution < 1.29 is 4.79 Å². The second-order valence-electron chi connectivity index (χ2n) is 6.15. The maximum atomic E-state index is 12.4. The molecule has 0 bridgehead atoms. The molecule has 0 radical (unpaired) electrons. The number of rotatable bonds is 8. The molecule has 1 amide bonds. The molecular formula is C19H27N5O. The van der Waals surface area contributed by atoms with E-state index in [1.807, 2.05) is 51.4 Å². The molecule has 0 aliphatic rings. The van der Waals surface area contributed by atoms with E-state index >= 15 is 0 Å². The fourth-order valence-electron chi connectivity index (χ4n) is 2.58. The lowest BCUT2D eigenvalue weighted by Crippen LogP contribution is -2.28. The Balaban J connectivity index is 2.15. The standard InChI is InChI=1S/C19H27N5O/c1-5-24(16-10-7-6-8-11-16)18-14-17(21-15(2)22-18)19(25)20-12-9-13-23(3)4/h6-8,10-11,14H,5,9,12-13H2,1-4H3,(H,20,25). The Labute approximate surface area is 149 Å². The highest BCUT2D eigenvalue weighted by Crippen LogP contribution is 2.23. The van der Waals surface area contributed by atoms with Crippen molar-refractivity contribution >= 4 is 17.4 Å². The Morgan fingerprint density at radius 2 is 1.88 bits per heavy atom. The van der Waals surface area contributed by atoms with Crippen molar-refractivity contribution in [1.82, 2.24) is 20.2 Å². The number of hydrogen-bond donors (Lipinski definition) is 1. The molecule has 134 valence electrons. The summed E-state index contributed by atoms with van der Waals surface area (Å²) in [7, 11) is 4.04. The predicted octanol–water partition coefficient (Wildman–Crippen LogP) is 2.62. The van der Waals surface area contributed by atoms with Crippen LogP contribution in [0.3, 0.4) is 0 Å². The van der Waals surface area contributed by atoms with Gasteiger partial charge in [-0.05, 0) is 53.0 Å². The number of carbonyl (C=O) groups is 1. The van der Waals surface area contributed by atoms with Gasteiger partial charge in [0.1, 0.15) is 17.3 Å². The van der Waals surface area contributed by atoms with Gasteiger partial charge in [-0.2, -0.15) is 0 Å². The molecule has 6 nitrogen and oxygen atoms in total. The van der Waals surface area contributed by atoms with Gasteiger partial charge < -0.3 is 15.1 Å². The minimum absolute atomic E-state index is 0.158. The molecule has 0 aliphatic heterocycles. The summed E-state index contributed by atoms with van der Waals surface area (Å²) in [5.41, 5.74) is 1.45. The zero-order chi connectivity index (χ0) is 18.2. The minimum Gasteiger partial charge on any atom is -0.351 e. The van der Waals surface area contributed by atoms with Crippen LogP contribution in [-0.2, 0) is 0 Å². The number of nitrogens with one attached hydrogen (secondary N) is 1. The van der Waals surface area contributed by atoms with Gasteiger partial charge in [-0.3, -0.25) is 4.79 Å². The fraction of sp³-hybridized carbons (Fsp3) is 0.421. The number of para-hydroxylation sites is 1. The average Bonchev–Trinajstić information content (AvgIpc) is 2.59. The first-order valence-electron chi connectivity index (χ1n) is 8.62. The predicted molar refractivity (Wildman–Crippen MR) is 101 cm³/mol. The van der Waals surface area contributed by atoms with Crippen molar-refractivity contribution in [1.29, 1.82) is 0 Å². The molecule has 2 aromatic rings. The van der Waals surface area contributed by atoms with Gasteiger partial charge >= 0.3 is 0 Å². The summed E-state index contributed by atoms with van der Waals surface area (Å²) in [6.45, 7) is 6.19. The van der Waals surface area contributed by atoms with Gasteiger partial charge in [0.05, 0.1) is 0 Å². The molecule has 1 aromatic carbocycles. The number of carbonyl (C=O) groups excluding carboxylic acids is 1. The minimum atomic E-state index is -0.158. The average molecular weight is 341 g/mol. The molecular weight excluding hydrogens is 314 g/mol. The lowest BCUT2D eigenvalue weighted by Gasteiger charge is -2.22. The highest BCUT2D eigenvalue weighted by atomic mass is 16.1. The zero-order valence-electron chi connectivity index (χ0n) is 15.5. The maximum Gasteiger partial charge on any atom is 0.270 e. The van der Waals surface area contributed by atoms with Crippen LogP contribution in [0.1, 0.15) is 29.7 Å². The first kappa shape index (κ1) is 18.9. The Bertz CT molecular complexity index is 687. The summed E-state index contributed by atoms with van der Waals surface area (Å²) in [6, 6.07) is 11.8. The van der Waals surface area contributed by atoms with E-state index in [0.717, 1.165) is 31.0 Å². The lowest BCUT2D eigenvalue weighted by molar-refractivity contribution is 0.0947. The third-order valence-electron chi connectivity index (χ3n) is 3.79. The van der Waals surface area contributed by atoms with Gasteiger partial charge in [0, 0.05) is 24.8 Å². The molecule has 0 unspecified atom stereocenters. The van der Waals surface area contributed by atoms with E-state index in [2.05, 4.69) is 32.0 Å². The number of anilines is 2. The number of nitrogens with zero attached hydrogens (tertiary/aromatic N) is 4. The van der Waals surface area contributed by atoms with Crippen LogP contribution in [0.2, 0.25) is 0 Å². The Morgan fingerprint density at radius 3 is 2.52 bits per heavy atom. The van der Waals surface area contributed by atoms with E-state index in [-0.39, 0.29) is 5.91 Å². The molecule has 0 saturated carbocycles. The summed E-state index contributed by atoms with van der Waals surface area (Å²) in [5, 5.41) is 2.93. The van der Waals surface area contributed by atoms with E-state index < -0.39 is 0 Å². The van der Waals surface area contributed by atoms with Gasteiger partial charge in [-0.15, -0.1) is 0 Å². The number of aromatic nitrogens is 2.